The summed E-state index contributed by atoms with van der Waals surface area (Å²) < 4.78 is 1.74. The van der Waals surface area contributed by atoms with Gasteiger partial charge >= 0.3 is 0 Å². The minimum atomic E-state index is -0.958. The minimum absolute atomic E-state index is 0.271. The number of carbonyl (C=O) groups excluding carboxylic acids is 1. The van der Waals surface area contributed by atoms with Crippen molar-refractivity contribution >= 4 is 23.2 Å². The standard InChI is InChI=1S/C21H25N5O3/c1-21(2,29)15-5-3-14(4-6-15)20(28)24-17-13-19(25-11-8-16(27)9-12-25)26-18(23-17)7-10-22-26/h3-7,10,13,16,27,29H,8-9,11-12H2,1-2H3,(H,23,24,28). The molecule has 1 amide bonds. The van der Waals surface area contributed by atoms with E-state index in [1.54, 1.807) is 61.0 Å². The Labute approximate surface area is 168 Å². The van der Waals surface area contributed by atoms with E-state index in [1.165, 1.54) is 0 Å². The maximum absolute atomic E-state index is 12.7. The number of fused-ring (bicyclic) bond motifs is 1. The van der Waals surface area contributed by atoms with E-state index >= 15 is 0 Å². The van der Waals surface area contributed by atoms with E-state index in [9.17, 15) is 15.0 Å². The SMILES string of the molecule is CC(C)(O)c1ccc(C(=O)Nc2cc(N3CCC(O)CC3)n3nccc3n2)cc1. The first-order valence-electron chi connectivity index (χ1n) is 9.73. The second-order valence-electron chi connectivity index (χ2n) is 7.91. The van der Waals surface area contributed by atoms with Gasteiger partial charge in [-0.15, -0.1) is 0 Å². The number of piperidine rings is 1. The van der Waals surface area contributed by atoms with Crippen LogP contribution in [0.15, 0.2) is 42.6 Å². The van der Waals surface area contributed by atoms with Gasteiger partial charge in [0.05, 0.1) is 17.9 Å². The molecular weight excluding hydrogens is 370 g/mol. The number of hydrogen-bond donors (Lipinski definition) is 3. The van der Waals surface area contributed by atoms with Crippen molar-refractivity contribution in [2.45, 2.75) is 38.4 Å². The molecule has 1 saturated heterocycles. The predicted molar refractivity (Wildman–Crippen MR) is 110 cm³/mol. The molecule has 152 valence electrons. The van der Waals surface area contributed by atoms with Gasteiger partial charge in [0.1, 0.15) is 11.6 Å². The normalized spacial score (nSPS) is 15.7. The average molecular weight is 395 g/mol. The molecule has 4 rings (SSSR count). The summed E-state index contributed by atoms with van der Waals surface area (Å²) in [6.07, 6.45) is 2.79. The van der Waals surface area contributed by atoms with E-state index in [0.717, 1.165) is 11.4 Å². The molecule has 8 nitrogen and oxygen atoms in total. The molecule has 1 fully saturated rings. The predicted octanol–water partition coefficient (Wildman–Crippen LogP) is 2.17. The van der Waals surface area contributed by atoms with Gasteiger partial charge in [-0.25, -0.2) is 4.98 Å². The van der Waals surface area contributed by atoms with Crippen LogP contribution in [0.4, 0.5) is 11.6 Å². The number of nitrogens with one attached hydrogen (secondary N) is 1. The van der Waals surface area contributed by atoms with Crippen molar-refractivity contribution in [2.75, 3.05) is 23.3 Å². The molecule has 0 atom stereocenters. The van der Waals surface area contributed by atoms with Gasteiger partial charge in [0.25, 0.3) is 5.91 Å². The molecule has 0 saturated carbocycles. The number of rotatable bonds is 4. The fraction of sp³-hybridized carbons (Fsp3) is 0.381. The van der Waals surface area contributed by atoms with E-state index in [1.807, 2.05) is 0 Å². The maximum atomic E-state index is 12.7. The number of hydrogen-bond acceptors (Lipinski definition) is 6. The van der Waals surface area contributed by atoms with Gasteiger partial charge < -0.3 is 20.4 Å². The van der Waals surface area contributed by atoms with Crippen LogP contribution in [0.2, 0.25) is 0 Å². The second-order valence-corrected chi connectivity index (χ2v) is 7.91. The van der Waals surface area contributed by atoms with Crippen LogP contribution in [0, 0.1) is 0 Å². The summed E-state index contributed by atoms with van der Waals surface area (Å²) in [4.78, 5) is 19.3. The van der Waals surface area contributed by atoms with Crippen LogP contribution in [-0.2, 0) is 5.60 Å². The Morgan fingerprint density at radius 2 is 1.86 bits per heavy atom. The molecular formula is C21H25N5O3. The Morgan fingerprint density at radius 3 is 2.52 bits per heavy atom. The highest BCUT2D eigenvalue weighted by atomic mass is 16.3. The molecule has 29 heavy (non-hydrogen) atoms. The number of aliphatic hydroxyl groups excluding tert-OH is 1. The van der Waals surface area contributed by atoms with Crippen molar-refractivity contribution in [1.82, 2.24) is 14.6 Å². The molecule has 0 aliphatic carbocycles. The lowest BCUT2D eigenvalue weighted by molar-refractivity contribution is 0.0785. The molecule has 2 aromatic heterocycles. The van der Waals surface area contributed by atoms with Crippen molar-refractivity contribution < 1.29 is 15.0 Å². The first-order valence-corrected chi connectivity index (χ1v) is 9.73. The molecule has 0 bridgehead atoms. The summed E-state index contributed by atoms with van der Waals surface area (Å²) in [6, 6.07) is 10.5. The van der Waals surface area contributed by atoms with Crippen LogP contribution in [0.5, 0.6) is 0 Å². The quantitative estimate of drug-likeness (QED) is 0.626. The zero-order chi connectivity index (χ0) is 20.6. The molecule has 8 heteroatoms. The van der Waals surface area contributed by atoms with E-state index < -0.39 is 5.60 Å². The van der Waals surface area contributed by atoms with Crippen molar-refractivity contribution in [2.24, 2.45) is 0 Å². The number of carbonyl (C=O) groups is 1. The Morgan fingerprint density at radius 1 is 1.17 bits per heavy atom. The zero-order valence-corrected chi connectivity index (χ0v) is 16.5. The highest BCUT2D eigenvalue weighted by molar-refractivity contribution is 6.04. The molecule has 0 spiro atoms. The molecule has 0 radical (unpaired) electrons. The number of anilines is 2. The molecule has 3 N–H and O–H groups in total. The van der Waals surface area contributed by atoms with E-state index in [-0.39, 0.29) is 12.0 Å². The highest BCUT2D eigenvalue weighted by Gasteiger charge is 2.21. The van der Waals surface area contributed by atoms with Crippen LogP contribution < -0.4 is 10.2 Å². The summed E-state index contributed by atoms with van der Waals surface area (Å²) in [5, 5.41) is 27.0. The molecule has 0 unspecified atom stereocenters. The van der Waals surface area contributed by atoms with Gasteiger partial charge in [0.2, 0.25) is 0 Å². The fourth-order valence-electron chi connectivity index (χ4n) is 3.50. The zero-order valence-electron chi connectivity index (χ0n) is 16.5. The monoisotopic (exact) mass is 395 g/mol. The van der Waals surface area contributed by atoms with E-state index in [0.29, 0.717) is 43.0 Å². The Hall–Kier alpha value is -2.97. The van der Waals surface area contributed by atoms with E-state index in [2.05, 4.69) is 20.3 Å². The highest BCUT2D eigenvalue weighted by Crippen LogP contribution is 2.24. The number of aliphatic hydroxyl groups is 2. The number of amides is 1. The fourth-order valence-corrected chi connectivity index (χ4v) is 3.50. The Bertz CT molecular complexity index is 1010. The topological polar surface area (TPSA) is 103 Å². The van der Waals surface area contributed by atoms with Gasteiger partial charge in [-0.1, -0.05) is 12.1 Å². The maximum Gasteiger partial charge on any atom is 0.256 e. The Kier molecular flexibility index (Phi) is 4.97. The van der Waals surface area contributed by atoms with E-state index in [4.69, 9.17) is 0 Å². The molecule has 1 aromatic carbocycles. The van der Waals surface area contributed by atoms with Gasteiger partial charge in [-0.05, 0) is 44.4 Å². The minimum Gasteiger partial charge on any atom is -0.393 e. The van der Waals surface area contributed by atoms with Crippen LogP contribution >= 0.6 is 0 Å². The third-order valence-electron chi connectivity index (χ3n) is 5.22. The lowest BCUT2D eigenvalue weighted by atomic mass is 9.97. The van der Waals surface area contributed by atoms with Gasteiger partial charge in [-0.3, -0.25) is 4.79 Å². The summed E-state index contributed by atoms with van der Waals surface area (Å²) in [5.41, 5.74) is 0.903. The largest absolute Gasteiger partial charge is 0.393 e. The smallest absolute Gasteiger partial charge is 0.256 e. The Balaban J connectivity index is 1.58. The third kappa shape index (κ3) is 4.08. The lowest BCUT2D eigenvalue weighted by Crippen LogP contribution is -2.37. The molecule has 1 aliphatic heterocycles. The third-order valence-corrected chi connectivity index (χ3v) is 5.22. The van der Waals surface area contributed by atoms with Crippen molar-refractivity contribution in [3.05, 3.63) is 53.7 Å². The van der Waals surface area contributed by atoms with Crippen LogP contribution in [0.1, 0.15) is 42.6 Å². The summed E-state index contributed by atoms with van der Waals surface area (Å²) in [7, 11) is 0. The first-order chi connectivity index (χ1) is 13.8. The van der Waals surface area contributed by atoms with Crippen molar-refractivity contribution in [3.63, 3.8) is 0 Å². The van der Waals surface area contributed by atoms with Gasteiger partial charge in [-0.2, -0.15) is 9.61 Å². The molecule has 1 aliphatic rings. The summed E-state index contributed by atoms with van der Waals surface area (Å²) >= 11 is 0. The molecule has 3 heterocycles. The van der Waals surface area contributed by atoms with Crippen molar-refractivity contribution in [3.8, 4) is 0 Å². The molecule has 3 aromatic rings. The average Bonchev–Trinajstić information content (AvgIpc) is 3.16. The number of benzene rings is 1. The number of nitrogens with zero attached hydrogens (tertiary/aromatic N) is 4. The van der Waals surface area contributed by atoms with Crippen LogP contribution in [0.25, 0.3) is 5.65 Å². The first kappa shape index (κ1) is 19.4. The summed E-state index contributed by atoms with van der Waals surface area (Å²) in [6.45, 7) is 4.83. The van der Waals surface area contributed by atoms with Crippen molar-refractivity contribution in [1.29, 1.82) is 0 Å². The van der Waals surface area contributed by atoms with Crippen LogP contribution in [-0.4, -0.2) is 49.9 Å². The van der Waals surface area contributed by atoms with Gasteiger partial charge in [0, 0.05) is 30.8 Å². The van der Waals surface area contributed by atoms with Gasteiger partial charge in [0.15, 0.2) is 5.65 Å². The lowest BCUT2D eigenvalue weighted by Gasteiger charge is -2.31. The number of aromatic nitrogens is 3. The van der Waals surface area contributed by atoms with Crippen LogP contribution in [0.3, 0.4) is 0 Å². The second kappa shape index (κ2) is 7.46. The summed E-state index contributed by atoms with van der Waals surface area (Å²) in [5.74, 6) is 0.999.